The number of nitrogens with one attached hydrogen (secondary N) is 3. The fourth-order valence-electron chi connectivity index (χ4n) is 1.46. The highest BCUT2D eigenvalue weighted by atomic mass is 16.5. The molecule has 1 saturated heterocycles. The van der Waals surface area contributed by atoms with E-state index in [4.69, 9.17) is 4.74 Å². The van der Waals surface area contributed by atoms with E-state index in [1.165, 1.54) is 0 Å². The molecule has 1 heterocycles. The highest BCUT2D eigenvalue weighted by molar-refractivity contribution is 6.00. The molecule has 0 radical (unpaired) electrons. The van der Waals surface area contributed by atoms with Crippen molar-refractivity contribution in [2.24, 2.45) is 0 Å². The molecule has 0 spiro atoms. The quantitative estimate of drug-likeness (QED) is 0.376. The second-order valence-electron chi connectivity index (χ2n) is 3.73. The molecular weight excluding hydrogens is 226 g/mol. The Labute approximate surface area is 99.3 Å². The van der Waals surface area contributed by atoms with Crippen molar-refractivity contribution >= 4 is 17.7 Å². The lowest BCUT2D eigenvalue weighted by molar-refractivity contribution is -0.134. The largest absolute Gasteiger partial charge is 0.383 e. The first-order valence-electron chi connectivity index (χ1n) is 5.46. The van der Waals surface area contributed by atoms with E-state index in [1.807, 2.05) is 0 Å². The van der Waals surface area contributed by atoms with Gasteiger partial charge in [-0.25, -0.2) is 0 Å². The zero-order valence-corrected chi connectivity index (χ0v) is 9.75. The average molecular weight is 243 g/mol. The Hall–Kier alpha value is -1.47. The Balaban J connectivity index is 2.19. The predicted molar refractivity (Wildman–Crippen MR) is 59.1 cm³/mol. The lowest BCUT2D eigenvalue weighted by Gasteiger charge is -2.21. The number of methoxy groups -OCH3 is 1. The molecule has 1 aliphatic rings. The third-order valence-electron chi connectivity index (χ3n) is 2.38. The smallest absolute Gasteiger partial charge is 0.243 e. The maximum atomic E-state index is 11.3. The van der Waals surface area contributed by atoms with E-state index in [-0.39, 0.29) is 24.3 Å². The molecule has 0 aromatic heterocycles. The van der Waals surface area contributed by atoms with Crippen LogP contribution >= 0.6 is 0 Å². The van der Waals surface area contributed by atoms with Crippen molar-refractivity contribution in [3.8, 4) is 0 Å². The van der Waals surface area contributed by atoms with Crippen LogP contribution in [0.4, 0.5) is 0 Å². The molecule has 0 aromatic rings. The topological polar surface area (TPSA) is 96.5 Å². The van der Waals surface area contributed by atoms with E-state index in [1.54, 1.807) is 7.11 Å². The summed E-state index contributed by atoms with van der Waals surface area (Å²) in [5.41, 5.74) is 0. The van der Waals surface area contributed by atoms with E-state index in [0.29, 0.717) is 26.0 Å². The average Bonchev–Trinajstić information content (AvgIpc) is 2.28. The first-order chi connectivity index (χ1) is 8.13. The number of rotatable bonds is 6. The Morgan fingerprint density at radius 3 is 2.94 bits per heavy atom. The minimum absolute atomic E-state index is 0.0516. The zero-order valence-electron chi connectivity index (χ0n) is 9.75. The van der Waals surface area contributed by atoms with Crippen LogP contribution < -0.4 is 16.0 Å². The van der Waals surface area contributed by atoms with Crippen LogP contribution in [0.15, 0.2) is 0 Å². The minimum atomic E-state index is -0.471. The van der Waals surface area contributed by atoms with Crippen molar-refractivity contribution in [2.45, 2.75) is 18.9 Å². The van der Waals surface area contributed by atoms with E-state index in [9.17, 15) is 14.4 Å². The van der Waals surface area contributed by atoms with Crippen LogP contribution in [0.1, 0.15) is 12.8 Å². The van der Waals surface area contributed by atoms with Gasteiger partial charge >= 0.3 is 0 Å². The molecule has 1 fully saturated rings. The van der Waals surface area contributed by atoms with Gasteiger partial charge in [-0.2, -0.15) is 0 Å². The first kappa shape index (κ1) is 13.6. The molecule has 17 heavy (non-hydrogen) atoms. The normalized spacial score (nSPS) is 19.9. The summed E-state index contributed by atoms with van der Waals surface area (Å²) in [6.45, 7) is 0.937. The summed E-state index contributed by atoms with van der Waals surface area (Å²) in [4.78, 5) is 33.5. The van der Waals surface area contributed by atoms with E-state index in [0.717, 1.165) is 0 Å². The molecule has 1 aliphatic heterocycles. The Kier molecular flexibility index (Phi) is 5.58. The molecule has 1 rings (SSSR count). The fraction of sp³-hybridized carbons (Fsp3) is 0.700. The molecule has 3 N–H and O–H groups in total. The molecule has 7 nitrogen and oxygen atoms in total. The van der Waals surface area contributed by atoms with Gasteiger partial charge in [-0.15, -0.1) is 0 Å². The number of carbonyl (C=O) groups excluding carboxylic acids is 3. The summed E-state index contributed by atoms with van der Waals surface area (Å²) in [5, 5.41) is 7.64. The summed E-state index contributed by atoms with van der Waals surface area (Å²) in [6, 6.07) is -0.471. The molecule has 0 bridgehead atoms. The van der Waals surface area contributed by atoms with Gasteiger partial charge in [0.05, 0.1) is 19.2 Å². The number of hydrogen-bond acceptors (Lipinski definition) is 5. The summed E-state index contributed by atoms with van der Waals surface area (Å²) >= 11 is 0. The fourth-order valence-corrected chi connectivity index (χ4v) is 1.46. The number of hydrogen-bond donors (Lipinski definition) is 3. The maximum absolute atomic E-state index is 11.3. The number of imide groups is 1. The van der Waals surface area contributed by atoms with Crippen molar-refractivity contribution in [3.05, 3.63) is 0 Å². The molecule has 3 amide bonds. The van der Waals surface area contributed by atoms with Crippen molar-refractivity contribution in [1.29, 1.82) is 0 Å². The summed E-state index contributed by atoms with van der Waals surface area (Å²) in [6.07, 6.45) is 0.727. The molecule has 0 aromatic carbocycles. The molecule has 0 aliphatic carbocycles. The van der Waals surface area contributed by atoms with E-state index in [2.05, 4.69) is 16.0 Å². The summed E-state index contributed by atoms with van der Waals surface area (Å²) in [7, 11) is 1.55. The van der Waals surface area contributed by atoms with Gasteiger partial charge < -0.3 is 10.1 Å². The lowest BCUT2D eigenvalue weighted by atomic mass is 10.1. The minimum Gasteiger partial charge on any atom is -0.383 e. The van der Waals surface area contributed by atoms with Crippen molar-refractivity contribution in [3.63, 3.8) is 0 Å². The van der Waals surface area contributed by atoms with Crippen molar-refractivity contribution in [1.82, 2.24) is 16.0 Å². The summed E-state index contributed by atoms with van der Waals surface area (Å²) in [5.74, 6) is -0.838. The van der Waals surface area contributed by atoms with Gasteiger partial charge in [0.1, 0.15) is 0 Å². The SMILES string of the molecule is COCCNC(=O)CNC1CCC(=O)NC1=O. The number of carbonyl (C=O) groups is 3. The van der Waals surface area contributed by atoms with Crippen molar-refractivity contribution in [2.75, 3.05) is 26.8 Å². The Morgan fingerprint density at radius 1 is 1.53 bits per heavy atom. The molecule has 96 valence electrons. The van der Waals surface area contributed by atoms with Gasteiger partial charge in [-0.05, 0) is 6.42 Å². The van der Waals surface area contributed by atoms with Gasteiger partial charge in [0.25, 0.3) is 0 Å². The second kappa shape index (κ2) is 6.97. The molecule has 7 heteroatoms. The Morgan fingerprint density at radius 2 is 2.29 bits per heavy atom. The third-order valence-corrected chi connectivity index (χ3v) is 2.38. The molecule has 0 saturated carbocycles. The molecule has 1 atom stereocenters. The highest BCUT2D eigenvalue weighted by Gasteiger charge is 2.26. The van der Waals surface area contributed by atoms with Crippen LogP contribution in [0, 0.1) is 0 Å². The Bertz CT molecular complexity index is 306. The van der Waals surface area contributed by atoms with Crippen LogP contribution in [0.3, 0.4) is 0 Å². The van der Waals surface area contributed by atoms with Crippen LogP contribution in [0.25, 0.3) is 0 Å². The van der Waals surface area contributed by atoms with Gasteiger partial charge in [0, 0.05) is 20.1 Å². The van der Waals surface area contributed by atoms with E-state index >= 15 is 0 Å². The monoisotopic (exact) mass is 243 g/mol. The van der Waals surface area contributed by atoms with Crippen LogP contribution in [0.5, 0.6) is 0 Å². The van der Waals surface area contributed by atoms with Gasteiger partial charge in [0.2, 0.25) is 17.7 Å². The third kappa shape index (κ3) is 4.92. The number of piperidine rings is 1. The van der Waals surface area contributed by atoms with Crippen molar-refractivity contribution < 1.29 is 19.1 Å². The predicted octanol–water partition coefficient (Wildman–Crippen LogP) is -1.86. The van der Waals surface area contributed by atoms with Crippen LogP contribution in [-0.4, -0.2) is 50.6 Å². The van der Waals surface area contributed by atoms with Crippen LogP contribution in [0.2, 0.25) is 0 Å². The zero-order chi connectivity index (χ0) is 12.7. The highest BCUT2D eigenvalue weighted by Crippen LogP contribution is 2.03. The van der Waals surface area contributed by atoms with Crippen LogP contribution in [-0.2, 0) is 19.1 Å². The van der Waals surface area contributed by atoms with Gasteiger partial charge in [0.15, 0.2) is 0 Å². The number of ether oxygens (including phenoxy) is 1. The van der Waals surface area contributed by atoms with Gasteiger partial charge in [-0.3, -0.25) is 25.0 Å². The maximum Gasteiger partial charge on any atom is 0.243 e. The standard InChI is InChI=1S/C10H17N3O4/c1-17-5-4-11-9(15)6-12-7-2-3-8(14)13-10(7)16/h7,12H,2-6H2,1H3,(H,11,15)(H,13,14,16). The number of amides is 3. The lowest BCUT2D eigenvalue weighted by Crippen LogP contribution is -2.52. The second-order valence-corrected chi connectivity index (χ2v) is 3.73. The first-order valence-corrected chi connectivity index (χ1v) is 5.46. The molecule has 1 unspecified atom stereocenters. The van der Waals surface area contributed by atoms with E-state index < -0.39 is 6.04 Å². The summed E-state index contributed by atoms with van der Waals surface area (Å²) < 4.78 is 4.78. The van der Waals surface area contributed by atoms with Gasteiger partial charge in [-0.1, -0.05) is 0 Å². The molecular formula is C10H17N3O4.